The third kappa shape index (κ3) is 4.54. The number of fused-ring (bicyclic) bond motifs is 1. The fourth-order valence-electron chi connectivity index (χ4n) is 5.49. The van der Waals surface area contributed by atoms with E-state index in [-0.39, 0.29) is 11.3 Å². The van der Waals surface area contributed by atoms with Crippen LogP contribution in [-0.4, -0.2) is 35.0 Å². The Morgan fingerprint density at radius 2 is 1.62 bits per heavy atom. The van der Waals surface area contributed by atoms with Crippen molar-refractivity contribution in [1.82, 2.24) is 4.98 Å². The van der Waals surface area contributed by atoms with Crippen molar-refractivity contribution in [1.29, 1.82) is 0 Å². The van der Waals surface area contributed by atoms with Gasteiger partial charge < -0.3 is 19.6 Å². The molecule has 0 saturated carbocycles. The number of aliphatic hydroxyl groups is 1. The Morgan fingerprint density at radius 1 is 0.923 bits per heavy atom. The zero-order chi connectivity index (χ0) is 27.8. The van der Waals surface area contributed by atoms with Crippen molar-refractivity contribution in [3.63, 3.8) is 0 Å². The van der Waals surface area contributed by atoms with E-state index in [1.807, 2.05) is 77.1 Å². The van der Waals surface area contributed by atoms with Crippen LogP contribution in [0.2, 0.25) is 0 Å². The van der Waals surface area contributed by atoms with Crippen molar-refractivity contribution in [2.24, 2.45) is 0 Å². The van der Waals surface area contributed by atoms with Gasteiger partial charge in [-0.05, 0) is 76.1 Å². The quantitative estimate of drug-likeness (QED) is 0.163. The molecule has 0 spiro atoms. The lowest BCUT2D eigenvalue weighted by Crippen LogP contribution is -2.29. The van der Waals surface area contributed by atoms with Crippen molar-refractivity contribution in [3.05, 3.63) is 94.2 Å². The molecule has 4 aromatic rings. The van der Waals surface area contributed by atoms with Gasteiger partial charge in [-0.2, -0.15) is 0 Å². The average Bonchev–Trinajstić information content (AvgIpc) is 3.35. The van der Waals surface area contributed by atoms with Crippen LogP contribution in [0.4, 0.5) is 5.69 Å². The number of nitrogens with zero attached hydrogens (tertiary/aromatic N) is 1. The Morgan fingerprint density at radius 3 is 2.31 bits per heavy atom. The van der Waals surface area contributed by atoms with Crippen LogP contribution in [0, 0.1) is 20.8 Å². The van der Waals surface area contributed by atoms with Gasteiger partial charge in [0.15, 0.2) is 0 Å². The predicted molar refractivity (Wildman–Crippen MR) is 153 cm³/mol. The van der Waals surface area contributed by atoms with Gasteiger partial charge in [0.25, 0.3) is 11.7 Å². The minimum absolute atomic E-state index is 0.0112. The molecule has 1 amide bonds. The number of hydrogen-bond donors (Lipinski definition) is 2. The summed E-state index contributed by atoms with van der Waals surface area (Å²) in [5.41, 5.74) is 5.30. The first kappa shape index (κ1) is 26.1. The van der Waals surface area contributed by atoms with Gasteiger partial charge in [0.2, 0.25) is 0 Å². The van der Waals surface area contributed by atoms with Crippen LogP contribution >= 0.6 is 0 Å². The number of rotatable bonds is 7. The smallest absolute Gasteiger partial charge is 0.300 e. The summed E-state index contributed by atoms with van der Waals surface area (Å²) in [4.78, 5) is 32.4. The summed E-state index contributed by atoms with van der Waals surface area (Å²) in [6.45, 7) is 10.4. The summed E-state index contributed by atoms with van der Waals surface area (Å²) in [7, 11) is 0. The number of aromatic nitrogens is 1. The number of H-pyrrole nitrogens is 1. The van der Waals surface area contributed by atoms with E-state index in [1.54, 1.807) is 18.2 Å². The van der Waals surface area contributed by atoms with Gasteiger partial charge in [-0.25, -0.2) is 0 Å². The minimum Gasteiger partial charge on any atom is -0.507 e. The monoisotopic (exact) mass is 524 g/mol. The minimum atomic E-state index is -0.858. The lowest BCUT2D eigenvalue weighted by atomic mass is 9.92. The van der Waals surface area contributed by atoms with Gasteiger partial charge in [-0.1, -0.05) is 24.3 Å². The van der Waals surface area contributed by atoms with E-state index in [0.29, 0.717) is 36.0 Å². The number of aliphatic hydroxyl groups excluding tert-OH is 1. The van der Waals surface area contributed by atoms with E-state index in [4.69, 9.17) is 9.47 Å². The van der Waals surface area contributed by atoms with Crippen molar-refractivity contribution in [2.45, 2.75) is 40.7 Å². The first-order chi connectivity index (χ1) is 18.7. The highest BCUT2D eigenvalue weighted by molar-refractivity contribution is 6.52. The molecule has 3 aromatic carbocycles. The van der Waals surface area contributed by atoms with Crippen molar-refractivity contribution < 1.29 is 24.2 Å². The number of Topliss-reactive ketones (excluding diaryl/α,β-unsaturated/α-hetero) is 1. The van der Waals surface area contributed by atoms with Crippen LogP contribution < -0.4 is 14.4 Å². The highest BCUT2D eigenvalue weighted by Crippen LogP contribution is 2.46. The standard InChI is InChI=1S/C32H32N2O5/c1-6-38-22-12-13-24(26(17-22)39-7-2)30(35)28-29(27-20(5)33-25-11-9-8-10-23(25)27)34(32(37)31(28)36)21-15-18(3)14-19(4)16-21/h8-17,29,33,35H,6-7H2,1-5H3/b30-28+. The summed E-state index contributed by atoms with van der Waals surface area (Å²) in [6, 6.07) is 17.8. The summed E-state index contributed by atoms with van der Waals surface area (Å²) >= 11 is 0. The molecule has 200 valence electrons. The lowest BCUT2D eigenvalue weighted by Gasteiger charge is -2.26. The Labute approximate surface area is 227 Å². The van der Waals surface area contributed by atoms with Gasteiger partial charge in [-0.3, -0.25) is 14.5 Å². The number of aromatic amines is 1. The highest BCUT2D eigenvalue weighted by atomic mass is 16.5. The fraction of sp³-hybridized carbons (Fsp3) is 0.250. The van der Waals surface area contributed by atoms with E-state index < -0.39 is 17.7 Å². The van der Waals surface area contributed by atoms with Gasteiger partial charge in [0, 0.05) is 33.9 Å². The molecular weight excluding hydrogens is 492 g/mol. The highest BCUT2D eigenvalue weighted by Gasteiger charge is 2.48. The van der Waals surface area contributed by atoms with Gasteiger partial charge in [0.1, 0.15) is 17.3 Å². The molecule has 7 nitrogen and oxygen atoms in total. The second-order valence-corrected chi connectivity index (χ2v) is 9.75. The molecule has 2 N–H and O–H groups in total. The molecule has 0 bridgehead atoms. The summed E-state index contributed by atoms with van der Waals surface area (Å²) < 4.78 is 11.5. The molecule has 1 fully saturated rings. The molecule has 1 aromatic heterocycles. The molecule has 1 unspecified atom stereocenters. The molecule has 1 atom stereocenters. The first-order valence-corrected chi connectivity index (χ1v) is 13.1. The Kier molecular flexibility index (Phi) is 6.91. The summed E-state index contributed by atoms with van der Waals surface area (Å²) in [5, 5.41) is 12.7. The number of nitrogens with one attached hydrogen (secondary N) is 1. The van der Waals surface area contributed by atoms with Crippen molar-refractivity contribution in [3.8, 4) is 11.5 Å². The Bertz CT molecular complexity index is 1610. The fourth-order valence-corrected chi connectivity index (χ4v) is 5.49. The maximum Gasteiger partial charge on any atom is 0.300 e. The molecule has 5 rings (SSSR count). The first-order valence-electron chi connectivity index (χ1n) is 13.1. The molecule has 1 aliphatic rings. The van der Waals surface area contributed by atoms with E-state index >= 15 is 0 Å². The lowest BCUT2D eigenvalue weighted by molar-refractivity contribution is -0.132. The third-order valence-electron chi connectivity index (χ3n) is 6.96. The topological polar surface area (TPSA) is 91.9 Å². The van der Waals surface area contributed by atoms with Gasteiger partial charge >= 0.3 is 0 Å². The Balaban J connectivity index is 1.81. The van der Waals surface area contributed by atoms with Crippen LogP contribution in [0.15, 0.2) is 66.2 Å². The van der Waals surface area contributed by atoms with Crippen LogP contribution in [0.3, 0.4) is 0 Å². The summed E-state index contributed by atoms with van der Waals surface area (Å²) in [5.74, 6) is -0.788. The SMILES string of the molecule is CCOc1ccc(/C(O)=C2\C(=O)C(=O)N(c3cc(C)cc(C)c3)C2c2c(C)[nH]c3ccccc23)c(OCC)c1. The molecule has 39 heavy (non-hydrogen) atoms. The number of ether oxygens (including phenoxy) is 2. The van der Waals surface area contributed by atoms with Crippen molar-refractivity contribution in [2.75, 3.05) is 18.1 Å². The van der Waals surface area contributed by atoms with Crippen LogP contribution in [0.1, 0.15) is 47.8 Å². The van der Waals surface area contributed by atoms with Crippen molar-refractivity contribution >= 4 is 34.0 Å². The largest absolute Gasteiger partial charge is 0.507 e. The molecule has 2 heterocycles. The van der Waals surface area contributed by atoms with Crippen LogP contribution in [-0.2, 0) is 9.59 Å². The molecular formula is C32H32N2O5. The zero-order valence-electron chi connectivity index (χ0n) is 22.8. The number of aryl methyl sites for hydroxylation is 3. The predicted octanol–water partition coefficient (Wildman–Crippen LogP) is 6.52. The number of carbonyl (C=O) groups is 2. The number of amides is 1. The molecule has 0 radical (unpaired) electrons. The van der Waals surface area contributed by atoms with Crippen LogP contribution in [0.25, 0.3) is 16.7 Å². The van der Waals surface area contributed by atoms with E-state index in [9.17, 15) is 14.7 Å². The maximum atomic E-state index is 13.8. The van der Waals surface area contributed by atoms with E-state index in [1.165, 1.54) is 4.90 Å². The number of para-hydroxylation sites is 1. The van der Waals surface area contributed by atoms with Gasteiger partial charge in [0.05, 0.1) is 30.4 Å². The number of hydrogen-bond acceptors (Lipinski definition) is 5. The second kappa shape index (κ2) is 10.3. The normalized spacial score (nSPS) is 16.7. The number of anilines is 1. The maximum absolute atomic E-state index is 13.8. The van der Waals surface area contributed by atoms with E-state index in [2.05, 4.69) is 4.98 Å². The number of ketones is 1. The van der Waals surface area contributed by atoms with E-state index in [0.717, 1.165) is 33.3 Å². The van der Waals surface area contributed by atoms with Crippen LogP contribution in [0.5, 0.6) is 11.5 Å². The summed E-state index contributed by atoms with van der Waals surface area (Å²) in [6.07, 6.45) is 0. The van der Waals surface area contributed by atoms with Gasteiger partial charge in [-0.15, -0.1) is 0 Å². The third-order valence-corrected chi connectivity index (χ3v) is 6.96. The molecule has 1 aliphatic heterocycles. The average molecular weight is 525 g/mol. The number of carbonyl (C=O) groups excluding carboxylic acids is 2. The molecule has 0 aliphatic carbocycles. The molecule has 7 heteroatoms. The zero-order valence-corrected chi connectivity index (χ0v) is 22.8. The molecule has 1 saturated heterocycles. The second-order valence-electron chi connectivity index (χ2n) is 9.75. The Hall–Kier alpha value is -4.52. The number of benzene rings is 3.